The van der Waals surface area contributed by atoms with E-state index in [9.17, 15) is 9.59 Å². The Labute approximate surface area is 152 Å². The van der Waals surface area contributed by atoms with Gasteiger partial charge in [0.1, 0.15) is 0 Å². The standard InChI is InChI=1S/C19H23N5O2/c1-2-10-23-16-9-8-14(18(23)25)11-22(12-16)19(26)17-13-24(21-20-17)15-6-4-3-5-7-15/h3-7,13-14,16H,2,8-12H2,1H3/t14-,16+/m0/s1. The van der Waals surface area contributed by atoms with E-state index in [1.54, 1.807) is 15.8 Å². The molecular formula is C19H23N5O2. The second-order valence-corrected chi connectivity index (χ2v) is 7.05. The van der Waals surface area contributed by atoms with E-state index in [0.29, 0.717) is 18.8 Å². The minimum absolute atomic E-state index is 0.0894. The van der Waals surface area contributed by atoms with E-state index in [1.807, 2.05) is 35.2 Å². The Bertz CT molecular complexity index is 803. The molecule has 2 bridgehead atoms. The van der Waals surface area contributed by atoms with Crippen LogP contribution in [0.2, 0.25) is 0 Å². The molecule has 0 N–H and O–H groups in total. The Morgan fingerprint density at radius 3 is 2.77 bits per heavy atom. The Hall–Kier alpha value is -2.70. The topological polar surface area (TPSA) is 71.3 Å². The normalized spacial score (nSPS) is 22.6. The van der Waals surface area contributed by atoms with Crippen LogP contribution in [0.5, 0.6) is 0 Å². The van der Waals surface area contributed by atoms with Gasteiger partial charge in [0.25, 0.3) is 5.91 Å². The molecule has 3 saturated heterocycles. The van der Waals surface area contributed by atoms with E-state index in [-0.39, 0.29) is 23.8 Å². The third kappa shape index (κ3) is 2.98. The summed E-state index contributed by atoms with van der Waals surface area (Å²) in [6.45, 7) is 3.91. The number of para-hydroxylation sites is 1. The van der Waals surface area contributed by atoms with Crippen molar-refractivity contribution < 1.29 is 9.59 Å². The van der Waals surface area contributed by atoms with Crippen molar-refractivity contribution in [3.8, 4) is 5.69 Å². The van der Waals surface area contributed by atoms with Gasteiger partial charge < -0.3 is 9.80 Å². The van der Waals surface area contributed by atoms with Crippen LogP contribution in [0, 0.1) is 5.92 Å². The zero-order valence-electron chi connectivity index (χ0n) is 14.9. The predicted octanol–water partition coefficient (Wildman–Crippen LogP) is 1.74. The number of piperidine rings is 1. The summed E-state index contributed by atoms with van der Waals surface area (Å²) in [7, 11) is 0. The summed E-state index contributed by atoms with van der Waals surface area (Å²) in [6, 6.07) is 9.71. The molecule has 0 spiro atoms. The van der Waals surface area contributed by atoms with E-state index in [4.69, 9.17) is 0 Å². The quantitative estimate of drug-likeness (QED) is 0.839. The first-order chi connectivity index (χ1) is 12.7. The molecule has 7 nitrogen and oxygen atoms in total. The number of carbonyl (C=O) groups is 2. The number of hydrogen-bond donors (Lipinski definition) is 0. The van der Waals surface area contributed by atoms with Crippen molar-refractivity contribution in [3.05, 3.63) is 42.2 Å². The molecule has 1 aromatic heterocycles. The van der Waals surface area contributed by atoms with Gasteiger partial charge in [-0.2, -0.15) is 0 Å². The molecule has 7 heteroatoms. The molecule has 3 fully saturated rings. The first kappa shape index (κ1) is 16.8. The fourth-order valence-corrected chi connectivity index (χ4v) is 3.97. The minimum Gasteiger partial charge on any atom is -0.338 e. The van der Waals surface area contributed by atoms with E-state index >= 15 is 0 Å². The largest absolute Gasteiger partial charge is 0.338 e. The van der Waals surface area contributed by atoms with Crippen molar-refractivity contribution in [1.29, 1.82) is 0 Å². The molecule has 0 radical (unpaired) electrons. The number of hydrogen-bond acceptors (Lipinski definition) is 4. The van der Waals surface area contributed by atoms with Gasteiger partial charge in [-0.3, -0.25) is 9.59 Å². The maximum absolute atomic E-state index is 13.0. The second kappa shape index (κ2) is 6.90. The van der Waals surface area contributed by atoms with Gasteiger partial charge in [0.15, 0.2) is 5.69 Å². The second-order valence-electron chi connectivity index (χ2n) is 7.05. The summed E-state index contributed by atoms with van der Waals surface area (Å²) in [6.07, 6.45) is 4.44. The summed E-state index contributed by atoms with van der Waals surface area (Å²) >= 11 is 0. The lowest BCUT2D eigenvalue weighted by Gasteiger charge is -2.35. The monoisotopic (exact) mass is 353 g/mol. The van der Waals surface area contributed by atoms with Crippen LogP contribution < -0.4 is 0 Å². The molecule has 1 aromatic carbocycles. The number of amides is 2. The maximum Gasteiger partial charge on any atom is 0.276 e. The molecule has 2 aromatic rings. The SMILES string of the molecule is CCCN1C(=O)[C@H]2CC[C@@H]1CN(C(=O)c1cn(-c3ccccc3)nn1)C2. The summed E-state index contributed by atoms with van der Waals surface area (Å²) in [4.78, 5) is 29.4. The Morgan fingerprint density at radius 2 is 2.00 bits per heavy atom. The first-order valence-corrected chi connectivity index (χ1v) is 9.25. The van der Waals surface area contributed by atoms with Gasteiger partial charge in [0.05, 0.1) is 17.8 Å². The number of nitrogens with zero attached hydrogens (tertiary/aromatic N) is 5. The van der Waals surface area contributed by atoms with Crippen molar-refractivity contribution >= 4 is 11.8 Å². The van der Waals surface area contributed by atoms with Crippen LogP contribution in [0.25, 0.3) is 5.69 Å². The zero-order chi connectivity index (χ0) is 18.1. The van der Waals surface area contributed by atoms with Crippen LogP contribution in [0.4, 0.5) is 0 Å². The fourth-order valence-electron chi connectivity index (χ4n) is 3.97. The number of carbonyl (C=O) groups excluding carboxylic acids is 2. The maximum atomic E-state index is 13.0. The van der Waals surface area contributed by atoms with E-state index in [1.165, 1.54) is 0 Å². The highest BCUT2D eigenvalue weighted by Gasteiger charge is 2.41. The molecule has 2 atom stereocenters. The van der Waals surface area contributed by atoms with Gasteiger partial charge in [-0.15, -0.1) is 5.10 Å². The van der Waals surface area contributed by atoms with Gasteiger partial charge in [-0.1, -0.05) is 30.3 Å². The smallest absolute Gasteiger partial charge is 0.276 e. The molecule has 26 heavy (non-hydrogen) atoms. The molecule has 0 saturated carbocycles. The van der Waals surface area contributed by atoms with E-state index in [0.717, 1.165) is 31.5 Å². The molecule has 0 unspecified atom stereocenters. The third-order valence-electron chi connectivity index (χ3n) is 5.28. The first-order valence-electron chi connectivity index (χ1n) is 9.25. The van der Waals surface area contributed by atoms with Crippen LogP contribution in [0.15, 0.2) is 36.5 Å². The Kier molecular flexibility index (Phi) is 4.44. The highest BCUT2D eigenvalue weighted by Crippen LogP contribution is 2.29. The Morgan fingerprint density at radius 1 is 1.19 bits per heavy atom. The number of fused-ring (bicyclic) bond motifs is 4. The molecule has 0 aliphatic carbocycles. The van der Waals surface area contributed by atoms with Crippen LogP contribution in [0.3, 0.4) is 0 Å². The fraction of sp³-hybridized carbons (Fsp3) is 0.474. The zero-order valence-corrected chi connectivity index (χ0v) is 14.9. The van der Waals surface area contributed by atoms with Crippen LogP contribution in [-0.4, -0.2) is 62.3 Å². The molecule has 4 heterocycles. The third-order valence-corrected chi connectivity index (χ3v) is 5.28. The van der Waals surface area contributed by atoms with Crippen molar-refractivity contribution in [1.82, 2.24) is 24.8 Å². The highest BCUT2D eigenvalue weighted by molar-refractivity contribution is 5.93. The highest BCUT2D eigenvalue weighted by atomic mass is 16.2. The number of rotatable bonds is 4. The lowest BCUT2D eigenvalue weighted by atomic mass is 9.94. The van der Waals surface area contributed by atoms with Crippen LogP contribution in [0.1, 0.15) is 36.7 Å². The average molecular weight is 353 g/mol. The minimum atomic E-state index is -0.143. The molecular weight excluding hydrogens is 330 g/mol. The Balaban J connectivity index is 1.54. The van der Waals surface area contributed by atoms with Gasteiger partial charge in [-0.05, 0) is 31.4 Å². The summed E-state index contributed by atoms with van der Waals surface area (Å²) in [5.41, 5.74) is 1.18. The van der Waals surface area contributed by atoms with Gasteiger partial charge in [0.2, 0.25) is 5.91 Å². The molecule has 2 amide bonds. The van der Waals surface area contributed by atoms with E-state index in [2.05, 4.69) is 17.2 Å². The lowest BCUT2D eigenvalue weighted by molar-refractivity contribution is -0.139. The average Bonchev–Trinajstić information content (AvgIpc) is 3.01. The number of benzene rings is 1. The summed E-state index contributed by atoms with van der Waals surface area (Å²) in [5, 5.41) is 8.15. The molecule has 3 aliphatic heterocycles. The predicted molar refractivity (Wildman–Crippen MR) is 95.8 cm³/mol. The van der Waals surface area contributed by atoms with Crippen LogP contribution >= 0.6 is 0 Å². The summed E-state index contributed by atoms with van der Waals surface area (Å²) < 4.78 is 1.61. The van der Waals surface area contributed by atoms with Gasteiger partial charge >= 0.3 is 0 Å². The number of aromatic nitrogens is 3. The molecule has 3 aliphatic rings. The van der Waals surface area contributed by atoms with E-state index < -0.39 is 0 Å². The van der Waals surface area contributed by atoms with Crippen molar-refractivity contribution in [2.24, 2.45) is 5.92 Å². The molecule has 5 rings (SSSR count). The lowest BCUT2D eigenvalue weighted by Crippen LogP contribution is -2.48. The van der Waals surface area contributed by atoms with Crippen molar-refractivity contribution in [2.45, 2.75) is 32.2 Å². The summed E-state index contributed by atoms with van der Waals surface area (Å²) in [5.74, 6) is -0.0324. The van der Waals surface area contributed by atoms with Gasteiger partial charge in [-0.25, -0.2) is 4.68 Å². The molecule has 136 valence electrons. The van der Waals surface area contributed by atoms with Crippen molar-refractivity contribution in [3.63, 3.8) is 0 Å². The van der Waals surface area contributed by atoms with Crippen molar-refractivity contribution in [2.75, 3.05) is 19.6 Å². The van der Waals surface area contributed by atoms with Crippen LogP contribution in [-0.2, 0) is 4.79 Å². The van der Waals surface area contributed by atoms with Gasteiger partial charge in [0, 0.05) is 25.7 Å².